The zero-order valence-electron chi connectivity index (χ0n) is 12.5. The van der Waals surface area contributed by atoms with Crippen molar-refractivity contribution in [1.82, 2.24) is 5.32 Å². The summed E-state index contributed by atoms with van der Waals surface area (Å²) in [5.74, 6) is 0.188. The van der Waals surface area contributed by atoms with Gasteiger partial charge < -0.3 is 15.8 Å². The maximum Gasteiger partial charge on any atom is 0.237 e. The van der Waals surface area contributed by atoms with E-state index in [-0.39, 0.29) is 24.2 Å². The third kappa shape index (κ3) is 4.99. The maximum atomic E-state index is 12.1. The molecule has 0 aromatic heterocycles. The maximum absolute atomic E-state index is 12.1. The summed E-state index contributed by atoms with van der Waals surface area (Å²) in [5, 5.41) is 2.97. The minimum atomic E-state index is -0.423. The largest absolute Gasteiger partial charge is 0.381 e. The molecule has 21 heavy (non-hydrogen) atoms. The van der Waals surface area contributed by atoms with Gasteiger partial charge in [0.05, 0.1) is 6.04 Å². The van der Waals surface area contributed by atoms with Crippen molar-refractivity contribution in [2.45, 2.75) is 38.8 Å². The average molecular weight is 313 g/mol. The molecule has 1 fully saturated rings. The van der Waals surface area contributed by atoms with Crippen LogP contribution in [-0.2, 0) is 22.5 Å². The first kappa shape index (κ1) is 18.0. The van der Waals surface area contributed by atoms with Gasteiger partial charge in [-0.2, -0.15) is 0 Å². The number of nitrogens with one attached hydrogen (secondary N) is 1. The predicted molar refractivity (Wildman–Crippen MR) is 86.4 cm³/mol. The third-order valence-electron chi connectivity index (χ3n) is 4.03. The fourth-order valence-corrected chi connectivity index (χ4v) is 2.66. The van der Waals surface area contributed by atoms with Crippen LogP contribution in [0.5, 0.6) is 0 Å². The zero-order valence-corrected chi connectivity index (χ0v) is 13.3. The number of nitrogens with two attached hydrogens (primary N) is 1. The molecule has 4 nitrogen and oxygen atoms in total. The Morgan fingerprint density at radius 2 is 1.95 bits per heavy atom. The molecular formula is C16H25ClN2O2. The lowest BCUT2D eigenvalue weighted by molar-refractivity contribution is -0.124. The zero-order chi connectivity index (χ0) is 14.4. The van der Waals surface area contributed by atoms with Gasteiger partial charge in [-0.25, -0.2) is 0 Å². The van der Waals surface area contributed by atoms with Crippen LogP contribution in [0, 0.1) is 5.92 Å². The Labute approximate surface area is 132 Å². The number of hydrogen-bond donors (Lipinski definition) is 2. The van der Waals surface area contributed by atoms with E-state index in [0.717, 1.165) is 19.3 Å². The van der Waals surface area contributed by atoms with Crippen molar-refractivity contribution in [3.05, 3.63) is 35.4 Å². The topological polar surface area (TPSA) is 64.4 Å². The van der Waals surface area contributed by atoms with Crippen molar-refractivity contribution in [1.29, 1.82) is 0 Å². The van der Waals surface area contributed by atoms with Crippen molar-refractivity contribution in [2.75, 3.05) is 13.2 Å². The number of hydrogen-bond acceptors (Lipinski definition) is 3. The lowest BCUT2D eigenvalue weighted by atomic mass is 9.92. The van der Waals surface area contributed by atoms with E-state index < -0.39 is 6.04 Å². The summed E-state index contributed by atoms with van der Waals surface area (Å²) < 4.78 is 5.30. The molecule has 1 unspecified atom stereocenters. The second-order valence-electron chi connectivity index (χ2n) is 5.32. The van der Waals surface area contributed by atoms with E-state index in [2.05, 4.69) is 24.4 Å². The highest BCUT2D eigenvalue weighted by Crippen LogP contribution is 2.18. The van der Waals surface area contributed by atoms with Crippen LogP contribution in [0.4, 0.5) is 0 Å². The van der Waals surface area contributed by atoms with Gasteiger partial charge in [0, 0.05) is 19.8 Å². The molecule has 1 atom stereocenters. The molecule has 0 radical (unpaired) electrons. The summed E-state index contributed by atoms with van der Waals surface area (Å²) in [6, 6.07) is 7.75. The molecule has 5 heteroatoms. The SMILES string of the molecule is CCc1ccccc1CNC(=O)C(N)C1CCOCC1.Cl. The minimum Gasteiger partial charge on any atom is -0.381 e. The molecule has 2 rings (SSSR count). The lowest BCUT2D eigenvalue weighted by Crippen LogP contribution is -2.46. The first-order chi connectivity index (χ1) is 9.72. The van der Waals surface area contributed by atoms with Gasteiger partial charge in [0.2, 0.25) is 5.91 Å². The van der Waals surface area contributed by atoms with Crippen molar-refractivity contribution < 1.29 is 9.53 Å². The van der Waals surface area contributed by atoms with Crippen molar-refractivity contribution in [2.24, 2.45) is 11.7 Å². The molecule has 1 heterocycles. The molecular weight excluding hydrogens is 288 g/mol. The van der Waals surface area contributed by atoms with Crippen LogP contribution < -0.4 is 11.1 Å². The van der Waals surface area contributed by atoms with Crippen LogP contribution in [0.3, 0.4) is 0 Å². The molecule has 0 bridgehead atoms. The highest BCUT2D eigenvalue weighted by atomic mass is 35.5. The van der Waals surface area contributed by atoms with Crippen molar-refractivity contribution >= 4 is 18.3 Å². The fourth-order valence-electron chi connectivity index (χ4n) is 2.66. The number of carbonyl (C=O) groups is 1. The molecule has 3 N–H and O–H groups in total. The van der Waals surface area contributed by atoms with Gasteiger partial charge in [-0.15, -0.1) is 12.4 Å². The summed E-state index contributed by atoms with van der Waals surface area (Å²) in [6.07, 6.45) is 2.72. The first-order valence-corrected chi connectivity index (χ1v) is 7.40. The monoisotopic (exact) mass is 312 g/mol. The van der Waals surface area contributed by atoms with Crippen molar-refractivity contribution in [3.8, 4) is 0 Å². The van der Waals surface area contributed by atoms with E-state index >= 15 is 0 Å². The molecule has 1 amide bonds. The van der Waals surface area contributed by atoms with E-state index in [9.17, 15) is 4.79 Å². The molecule has 0 spiro atoms. The van der Waals surface area contributed by atoms with Gasteiger partial charge in [0.15, 0.2) is 0 Å². The second kappa shape index (κ2) is 9.03. The van der Waals surface area contributed by atoms with Crippen LogP contribution in [0.2, 0.25) is 0 Å². The number of benzene rings is 1. The smallest absolute Gasteiger partial charge is 0.237 e. The Hall–Kier alpha value is -1.10. The number of aryl methyl sites for hydroxylation is 1. The Balaban J connectivity index is 0.00000220. The normalized spacial score (nSPS) is 16.9. The summed E-state index contributed by atoms with van der Waals surface area (Å²) >= 11 is 0. The van der Waals surface area contributed by atoms with Crippen molar-refractivity contribution in [3.63, 3.8) is 0 Å². The molecule has 0 aliphatic carbocycles. The van der Waals surface area contributed by atoms with Gasteiger partial charge in [0.1, 0.15) is 0 Å². The van der Waals surface area contributed by atoms with Crippen LogP contribution in [0.25, 0.3) is 0 Å². The number of amides is 1. The number of halogens is 1. The molecule has 118 valence electrons. The standard InChI is InChI=1S/C16H24N2O2.ClH/c1-2-12-5-3-4-6-14(12)11-18-16(19)15(17)13-7-9-20-10-8-13;/h3-6,13,15H,2,7-11,17H2,1H3,(H,18,19);1H. The predicted octanol–water partition coefficient (Wildman–Crippen LogP) is 2.04. The second-order valence-corrected chi connectivity index (χ2v) is 5.32. The summed E-state index contributed by atoms with van der Waals surface area (Å²) in [4.78, 5) is 12.1. The van der Waals surface area contributed by atoms with Crippen LogP contribution >= 0.6 is 12.4 Å². The quantitative estimate of drug-likeness (QED) is 0.874. The molecule has 0 saturated carbocycles. The number of ether oxygens (including phenoxy) is 1. The summed E-state index contributed by atoms with van der Waals surface area (Å²) in [6.45, 7) is 4.10. The lowest BCUT2D eigenvalue weighted by Gasteiger charge is -2.26. The molecule has 1 saturated heterocycles. The van der Waals surface area contributed by atoms with Crippen LogP contribution in [0.15, 0.2) is 24.3 Å². The Bertz CT molecular complexity index is 448. The fraction of sp³-hybridized carbons (Fsp3) is 0.562. The molecule has 1 aliphatic heterocycles. The number of carbonyl (C=O) groups excluding carboxylic acids is 1. The Kier molecular flexibility index (Phi) is 7.72. The van der Waals surface area contributed by atoms with Gasteiger partial charge in [0.25, 0.3) is 0 Å². The van der Waals surface area contributed by atoms with Gasteiger partial charge in [-0.1, -0.05) is 31.2 Å². The minimum absolute atomic E-state index is 0. The van der Waals surface area contributed by atoms with E-state index in [1.807, 2.05) is 12.1 Å². The Morgan fingerprint density at radius 3 is 2.57 bits per heavy atom. The van der Waals surface area contributed by atoms with E-state index in [1.54, 1.807) is 0 Å². The van der Waals surface area contributed by atoms with Gasteiger partial charge in [-0.3, -0.25) is 4.79 Å². The third-order valence-corrected chi connectivity index (χ3v) is 4.03. The number of rotatable bonds is 5. The van der Waals surface area contributed by atoms with Gasteiger partial charge >= 0.3 is 0 Å². The van der Waals surface area contributed by atoms with E-state index in [4.69, 9.17) is 10.5 Å². The summed E-state index contributed by atoms with van der Waals surface area (Å²) in [5.41, 5.74) is 8.50. The van der Waals surface area contributed by atoms with E-state index in [1.165, 1.54) is 11.1 Å². The molecule has 1 aromatic rings. The Morgan fingerprint density at radius 1 is 1.33 bits per heavy atom. The van der Waals surface area contributed by atoms with Crippen LogP contribution in [0.1, 0.15) is 30.9 Å². The van der Waals surface area contributed by atoms with E-state index in [0.29, 0.717) is 19.8 Å². The molecule has 1 aromatic carbocycles. The average Bonchev–Trinajstić information content (AvgIpc) is 2.53. The van der Waals surface area contributed by atoms with Gasteiger partial charge in [-0.05, 0) is 36.3 Å². The molecule has 1 aliphatic rings. The summed E-state index contributed by atoms with van der Waals surface area (Å²) in [7, 11) is 0. The first-order valence-electron chi connectivity index (χ1n) is 7.40. The van der Waals surface area contributed by atoms with Crippen LogP contribution in [-0.4, -0.2) is 25.2 Å². The highest BCUT2D eigenvalue weighted by Gasteiger charge is 2.26. The highest BCUT2D eigenvalue weighted by molar-refractivity contribution is 5.85.